The largest absolute Gasteiger partial charge is 0.460 e. The maximum atomic E-state index is 12.5. The van der Waals surface area contributed by atoms with Gasteiger partial charge in [0, 0.05) is 16.0 Å². The van der Waals surface area contributed by atoms with Crippen molar-refractivity contribution < 1.29 is 28.8 Å². The number of esters is 1. The molecule has 2 amide bonds. The van der Waals surface area contributed by atoms with E-state index in [1.807, 2.05) is 0 Å². The van der Waals surface area contributed by atoms with Crippen LogP contribution in [0.5, 0.6) is 0 Å². The number of ketones is 1. The van der Waals surface area contributed by atoms with Crippen LogP contribution in [0, 0.1) is 6.92 Å². The van der Waals surface area contributed by atoms with E-state index < -0.39 is 23.6 Å². The topological polar surface area (TPSA) is 90.0 Å². The number of ether oxygens (including phenoxy) is 1. The van der Waals surface area contributed by atoms with Gasteiger partial charge in [0.25, 0.3) is 17.6 Å². The first kappa shape index (κ1) is 21.9. The number of hydroxylamine groups is 2. The van der Waals surface area contributed by atoms with Crippen LogP contribution in [-0.2, 0) is 19.2 Å². The average Bonchev–Trinajstić information content (AvgIpc) is 3.18. The highest BCUT2D eigenvalue weighted by Gasteiger charge is 2.37. The number of hydrogen-bond donors (Lipinski definition) is 0. The van der Waals surface area contributed by atoms with Crippen molar-refractivity contribution in [2.75, 3.05) is 13.2 Å². The van der Waals surface area contributed by atoms with Crippen molar-refractivity contribution in [2.24, 2.45) is 0 Å². The number of amides is 2. The zero-order valence-electron chi connectivity index (χ0n) is 16.5. The third-order valence-electron chi connectivity index (χ3n) is 4.51. The molecule has 2 heterocycles. The van der Waals surface area contributed by atoms with Crippen molar-refractivity contribution in [1.82, 2.24) is 5.06 Å². The molecule has 0 saturated carbocycles. The second-order valence-corrected chi connectivity index (χ2v) is 8.12. The molecule has 2 aromatic rings. The maximum Gasteiger partial charge on any atom is 0.379 e. The Morgan fingerprint density at radius 2 is 1.73 bits per heavy atom. The Morgan fingerprint density at radius 3 is 2.23 bits per heavy atom. The molecule has 9 heteroatoms. The number of carbonyl (C=O) groups excluding carboxylic acids is 4. The lowest BCUT2D eigenvalue weighted by molar-refractivity contribution is -0.151. The van der Waals surface area contributed by atoms with Gasteiger partial charge < -0.3 is 4.74 Å². The number of carbonyl (C=O) groups is 4. The average molecular weight is 448 g/mol. The number of imide groups is 1. The molecule has 0 radical (unpaired) electrons. The minimum absolute atomic E-state index is 0.0581. The quantitative estimate of drug-likeness (QED) is 0.277. The molecule has 0 fully saturated rings. The molecule has 156 valence electrons. The van der Waals surface area contributed by atoms with Gasteiger partial charge in [-0.25, -0.2) is 4.79 Å². The number of halogens is 1. The summed E-state index contributed by atoms with van der Waals surface area (Å²) in [6.07, 6.45) is 0. The molecular weight excluding hydrogens is 430 g/mol. The molecule has 0 aliphatic carbocycles. The molecule has 0 saturated heterocycles. The molecule has 1 aromatic carbocycles. The number of hydrogen-bond acceptors (Lipinski definition) is 7. The van der Waals surface area contributed by atoms with Crippen LogP contribution in [0.1, 0.15) is 45.0 Å². The molecule has 0 atom stereocenters. The summed E-state index contributed by atoms with van der Waals surface area (Å²) in [6, 6.07) is 8.09. The molecule has 30 heavy (non-hydrogen) atoms. The van der Waals surface area contributed by atoms with E-state index in [4.69, 9.17) is 21.2 Å². The summed E-state index contributed by atoms with van der Waals surface area (Å²) in [5.74, 6) is -3.01. The number of aryl methyl sites for hydroxylation is 1. The molecule has 1 aliphatic heterocycles. The van der Waals surface area contributed by atoms with Crippen LogP contribution < -0.4 is 0 Å². The minimum Gasteiger partial charge on any atom is -0.460 e. The summed E-state index contributed by atoms with van der Waals surface area (Å²) < 4.78 is 5.28. The zero-order valence-corrected chi connectivity index (χ0v) is 18.1. The van der Waals surface area contributed by atoms with E-state index in [2.05, 4.69) is 0 Å². The van der Waals surface area contributed by atoms with Crippen molar-refractivity contribution >= 4 is 52.1 Å². The predicted molar refractivity (Wildman–Crippen MR) is 111 cm³/mol. The summed E-state index contributed by atoms with van der Waals surface area (Å²) in [7, 11) is 0. The normalized spacial score (nSPS) is 13.9. The van der Waals surface area contributed by atoms with Crippen LogP contribution in [0.15, 0.2) is 35.9 Å². The Hall–Kier alpha value is -2.81. The van der Waals surface area contributed by atoms with E-state index in [0.717, 1.165) is 5.56 Å². The highest BCUT2D eigenvalue weighted by molar-refractivity contribution is 7.17. The monoisotopic (exact) mass is 447 g/mol. The molecule has 7 nitrogen and oxygen atoms in total. The Labute approximate surface area is 181 Å². The van der Waals surface area contributed by atoms with Crippen molar-refractivity contribution in [1.29, 1.82) is 0 Å². The lowest BCUT2D eigenvalue weighted by Crippen LogP contribution is -2.31. The van der Waals surface area contributed by atoms with Gasteiger partial charge in [-0.15, -0.1) is 16.4 Å². The van der Waals surface area contributed by atoms with Gasteiger partial charge in [0.05, 0.1) is 22.1 Å². The van der Waals surface area contributed by atoms with Gasteiger partial charge in [0.1, 0.15) is 6.61 Å². The molecule has 0 N–H and O–H groups in total. The maximum absolute atomic E-state index is 12.5. The first-order valence-corrected chi connectivity index (χ1v) is 10.2. The van der Waals surface area contributed by atoms with Gasteiger partial charge >= 0.3 is 5.97 Å². The second-order valence-electron chi connectivity index (χ2n) is 6.44. The fraction of sp³-hybridized carbons (Fsp3) is 0.238. The number of rotatable bonds is 7. The molecular formula is C21H18ClNO6S. The van der Waals surface area contributed by atoms with E-state index in [9.17, 15) is 19.2 Å². The van der Waals surface area contributed by atoms with Crippen LogP contribution in [0.25, 0.3) is 5.57 Å². The fourth-order valence-electron chi connectivity index (χ4n) is 2.99. The van der Waals surface area contributed by atoms with Crippen molar-refractivity contribution in [2.45, 2.75) is 20.8 Å². The van der Waals surface area contributed by atoms with Crippen LogP contribution in [0.4, 0.5) is 0 Å². The Bertz CT molecular complexity index is 1050. The van der Waals surface area contributed by atoms with Crippen molar-refractivity contribution in [3.05, 3.63) is 61.8 Å². The van der Waals surface area contributed by atoms with Gasteiger partial charge in [-0.1, -0.05) is 23.7 Å². The second kappa shape index (κ2) is 8.91. The standard InChI is InChI=1S/C21H18ClNO6S/c1-4-28-21(27)17(24)12(3)15(18-11(2)9-16(22)30-18)10-29-23-19(25)13-7-5-6-8-14(13)20(23)26/h5-9H,4,10H2,1-3H3/b15-12+. The highest BCUT2D eigenvalue weighted by Crippen LogP contribution is 2.34. The smallest absolute Gasteiger partial charge is 0.379 e. The predicted octanol–water partition coefficient (Wildman–Crippen LogP) is 3.84. The van der Waals surface area contributed by atoms with Crippen LogP contribution >= 0.6 is 22.9 Å². The number of fused-ring (bicyclic) bond motifs is 1. The van der Waals surface area contributed by atoms with Crippen LogP contribution in [0.2, 0.25) is 4.34 Å². The third kappa shape index (κ3) is 4.07. The molecule has 0 bridgehead atoms. The summed E-state index contributed by atoms with van der Waals surface area (Å²) in [5, 5.41) is 0.664. The molecule has 1 aliphatic rings. The first-order valence-electron chi connectivity index (χ1n) is 9.04. The summed E-state index contributed by atoms with van der Waals surface area (Å²) >= 11 is 7.30. The number of thiophene rings is 1. The molecule has 0 spiro atoms. The van der Waals surface area contributed by atoms with Crippen molar-refractivity contribution in [3.8, 4) is 0 Å². The highest BCUT2D eigenvalue weighted by atomic mass is 35.5. The van der Waals surface area contributed by atoms with Gasteiger partial charge in [-0.3, -0.25) is 19.2 Å². The van der Waals surface area contributed by atoms with Gasteiger partial charge in [0.15, 0.2) is 0 Å². The number of nitrogens with zero attached hydrogens (tertiary/aromatic N) is 1. The minimum atomic E-state index is -0.992. The van der Waals surface area contributed by atoms with Crippen LogP contribution in [0.3, 0.4) is 0 Å². The first-order chi connectivity index (χ1) is 14.3. The third-order valence-corrected chi connectivity index (χ3v) is 5.94. The van der Waals surface area contributed by atoms with E-state index in [0.29, 0.717) is 19.8 Å². The van der Waals surface area contributed by atoms with Crippen molar-refractivity contribution in [3.63, 3.8) is 0 Å². The Morgan fingerprint density at radius 1 is 1.13 bits per heavy atom. The van der Waals surface area contributed by atoms with Gasteiger partial charge in [-0.2, -0.15) is 0 Å². The summed E-state index contributed by atoms with van der Waals surface area (Å²) in [5.41, 5.74) is 1.68. The Kier molecular flexibility index (Phi) is 6.50. The van der Waals surface area contributed by atoms with E-state index in [1.54, 1.807) is 32.0 Å². The Balaban J connectivity index is 1.93. The van der Waals surface area contributed by atoms with E-state index >= 15 is 0 Å². The molecule has 1 aromatic heterocycles. The lowest BCUT2D eigenvalue weighted by atomic mass is 10.0. The fourth-order valence-corrected chi connectivity index (χ4v) is 4.37. The van der Waals surface area contributed by atoms with E-state index in [1.165, 1.54) is 30.4 Å². The summed E-state index contributed by atoms with van der Waals surface area (Å²) in [4.78, 5) is 55.7. The molecule has 0 unspecified atom stereocenters. The molecule has 3 rings (SSSR count). The van der Waals surface area contributed by atoms with Gasteiger partial charge in [-0.05, 0) is 44.5 Å². The lowest BCUT2D eigenvalue weighted by Gasteiger charge is -2.16. The summed E-state index contributed by atoms with van der Waals surface area (Å²) in [6.45, 7) is 4.62. The zero-order chi connectivity index (χ0) is 22.0. The number of Topliss-reactive ketones (excluding diaryl/α,β-unsaturated/α-hetero) is 1. The van der Waals surface area contributed by atoms with Crippen LogP contribution in [-0.4, -0.2) is 41.8 Å². The van der Waals surface area contributed by atoms with E-state index in [-0.39, 0.29) is 29.9 Å². The number of benzene rings is 1. The SMILES string of the molecule is CCOC(=O)C(=O)/C(C)=C(\CON1C(=O)c2ccccc2C1=O)c1sc(Cl)cc1C. The van der Waals surface area contributed by atoms with Gasteiger partial charge in [0.2, 0.25) is 0 Å².